The van der Waals surface area contributed by atoms with Crippen LogP contribution in [0.15, 0.2) is 29.8 Å². The van der Waals surface area contributed by atoms with E-state index in [0.717, 1.165) is 52.8 Å². The molecule has 2 saturated heterocycles. The van der Waals surface area contributed by atoms with E-state index in [0.29, 0.717) is 30.8 Å². The number of thiophene rings is 1. The molecular formula is C27H26IrN5O2S-. The summed E-state index contributed by atoms with van der Waals surface area (Å²) in [6.07, 6.45) is 4.01. The smallest absolute Gasteiger partial charge is 0.229 e. The van der Waals surface area contributed by atoms with Crippen LogP contribution in [0.4, 0.5) is 5.95 Å². The predicted molar refractivity (Wildman–Crippen MR) is 136 cm³/mol. The summed E-state index contributed by atoms with van der Waals surface area (Å²) in [5.74, 6) is 2.07. The Kier molecular flexibility index (Phi) is 5.77. The van der Waals surface area contributed by atoms with E-state index in [9.17, 15) is 0 Å². The number of aryl methyl sites for hydroxylation is 1. The van der Waals surface area contributed by atoms with Crippen LogP contribution >= 0.6 is 11.3 Å². The minimum absolute atomic E-state index is 0. The third-order valence-corrected chi connectivity index (χ3v) is 8.58. The van der Waals surface area contributed by atoms with Gasteiger partial charge in [-0.3, -0.25) is 0 Å². The van der Waals surface area contributed by atoms with Crippen molar-refractivity contribution >= 4 is 27.4 Å². The molecule has 0 spiro atoms. The van der Waals surface area contributed by atoms with E-state index in [1.54, 1.807) is 11.3 Å². The molecule has 2 atom stereocenters. The summed E-state index contributed by atoms with van der Waals surface area (Å²) in [5.41, 5.74) is 5.00. The first-order valence-corrected chi connectivity index (χ1v) is 13.0. The maximum atomic E-state index is 6.46. The molecule has 1 radical (unpaired) electrons. The van der Waals surface area contributed by atoms with Gasteiger partial charge in [0.05, 0.1) is 30.0 Å². The van der Waals surface area contributed by atoms with Gasteiger partial charge in [0.25, 0.3) is 0 Å². The van der Waals surface area contributed by atoms with Gasteiger partial charge in [0.15, 0.2) is 5.82 Å². The number of hydrogen-bond donors (Lipinski definition) is 0. The molecule has 3 aliphatic rings. The molecule has 0 aliphatic carbocycles. The van der Waals surface area contributed by atoms with E-state index in [4.69, 9.17) is 19.4 Å². The van der Waals surface area contributed by atoms with Gasteiger partial charge in [0.1, 0.15) is 5.82 Å². The molecule has 6 heterocycles. The molecule has 0 N–H and O–H groups in total. The molecule has 36 heavy (non-hydrogen) atoms. The van der Waals surface area contributed by atoms with Gasteiger partial charge >= 0.3 is 0 Å². The van der Waals surface area contributed by atoms with Crippen molar-refractivity contribution in [1.29, 1.82) is 0 Å². The number of rotatable bonds is 3. The molecular weight excluding hydrogens is 651 g/mol. The fraction of sp³-hybridized carbons (Fsp3) is 0.407. The fourth-order valence-electron chi connectivity index (χ4n) is 5.79. The standard InChI is InChI=1S/C27H26N5O2S.Ir/c1-16-29-24(31-25(30-16)32-9-11-33-12-10-32)19-15-28-22(18-6-13-35-23(18)19)17-4-5-20-21(14-17)27(3)8-7-26(20,2)34-27;/h5-6,13-15H,7-12H2,1-3H3;/q-1;. The van der Waals surface area contributed by atoms with Gasteiger partial charge in [-0.2, -0.15) is 9.97 Å². The fourth-order valence-corrected chi connectivity index (χ4v) is 6.69. The number of hydrogen-bond acceptors (Lipinski definition) is 8. The van der Waals surface area contributed by atoms with Crippen LogP contribution in [-0.4, -0.2) is 46.2 Å². The van der Waals surface area contributed by atoms with Crippen molar-refractivity contribution in [2.75, 3.05) is 31.2 Å². The number of anilines is 1. The molecule has 1 aromatic carbocycles. The van der Waals surface area contributed by atoms with Gasteiger partial charge in [-0.1, -0.05) is 17.2 Å². The molecule has 4 aromatic rings. The molecule has 0 saturated carbocycles. The van der Waals surface area contributed by atoms with Crippen molar-refractivity contribution in [3.63, 3.8) is 0 Å². The second-order valence-electron chi connectivity index (χ2n) is 10.0. The first-order valence-electron chi connectivity index (χ1n) is 12.1. The van der Waals surface area contributed by atoms with Gasteiger partial charge in [-0.15, -0.1) is 35.1 Å². The minimum Gasteiger partial charge on any atom is -0.378 e. The van der Waals surface area contributed by atoms with Gasteiger partial charge in [0, 0.05) is 44.1 Å². The van der Waals surface area contributed by atoms with Crippen molar-refractivity contribution in [3.8, 4) is 22.6 Å². The van der Waals surface area contributed by atoms with Crippen LogP contribution < -0.4 is 4.90 Å². The Labute approximate surface area is 227 Å². The predicted octanol–water partition coefficient (Wildman–Crippen LogP) is 5.01. The van der Waals surface area contributed by atoms with Gasteiger partial charge in [-0.05, 0) is 50.1 Å². The summed E-state index contributed by atoms with van der Waals surface area (Å²) in [4.78, 5) is 21.2. The summed E-state index contributed by atoms with van der Waals surface area (Å²) in [6, 6.07) is 10.0. The van der Waals surface area contributed by atoms with E-state index >= 15 is 0 Å². The molecule has 0 amide bonds. The Morgan fingerprint density at radius 1 is 1.06 bits per heavy atom. The molecule has 2 fully saturated rings. The Morgan fingerprint density at radius 3 is 2.64 bits per heavy atom. The van der Waals surface area contributed by atoms with E-state index in [1.807, 2.05) is 13.1 Å². The Bertz CT molecular complexity index is 1490. The molecule has 3 aromatic heterocycles. The number of fused-ring (bicyclic) bond motifs is 6. The summed E-state index contributed by atoms with van der Waals surface area (Å²) in [6.45, 7) is 9.26. The summed E-state index contributed by atoms with van der Waals surface area (Å²) in [5, 5.41) is 3.20. The Hall–Kier alpha value is -2.29. The molecule has 2 bridgehead atoms. The maximum Gasteiger partial charge on any atom is 0.229 e. The average Bonchev–Trinajstić information content (AvgIpc) is 3.54. The van der Waals surface area contributed by atoms with Gasteiger partial charge in [-0.25, -0.2) is 4.98 Å². The Morgan fingerprint density at radius 2 is 1.83 bits per heavy atom. The van der Waals surface area contributed by atoms with Crippen molar-refractivity contribution in [3.05, 3.63) is 52.8 Å². The SMILES string of the molecule is Cc1nc(-c2cnc(-c3[c-]cc4c(c3)C3(C)CCC4(C)O3)c3ccsc23)nc(N2CCOCC2)n1.[Ir]. The quantitative estimate of drug-likeness (QED) is 0.283. The normalized spacial score (nSPS) is 24.7. The van der Waals surface area contributed by atoms with E-state index in [-0.39, 0.29) is 31.3 Å². The van der Waals surface area contributed by atoms with Crippen molar-refractivity contribution in [1.82, 2.24) is 19.9 Å². The summed E-state index contributed by atoms with van der Waals surface area (Å²) in [7, 11) is 0. The number of morpholine rings is 1. The largest absolute Gasteiger partial charge is 0.378 e. The topological polar surface area (TPSA) is 73.3 Å². The van der Waals surface area contributed by atoms with E-state index in [2.05, 4.69) is 58.4 Å². The molecule has 7 nitrogen and oxygen atoms in total. The van der Waals surface area contributed by atoms with Crippen molar-refractivity contribution < 1.29 is 29.6 Å². The first-order chi connectivity index (χ1) is 16.9. The van der Waals surface area contributed by atoms with Crippen LogP contribution in [0.5, 0.6) is 0 Å². The molecule has 2 unspecified atom stereocenters. The van der Waals surface area contributed by atoms with Crippen LogP contribution in [0.2, 0.25) is 0 Å². The van der Waals surface area contributed by atoms with Crippen LogP contribution in [0, 0.1) is 13.0 Å². The Balaban J connectivity index is 0.00000240. The zero-order chi connectivity index (χ0) is 23.8. The van der Waals surface area contributed by atoms with Gasteiger partial charge < -0.3 is 19.4 Å². The zero-order valence-electron chi connectivity index (χ0n) is 20.4. The van der Waals surface area contributed by atoms with Crippen molar-refractivity contribution in [2.45, 2.75) is 44.8 Å². The summed E-state index contributed by atoms with van der Waals surface area (Å²) >= 11 is 1.69. The number of pyridine rings is 1. The van der Waals surface area contributed by atoms with Crippen LogP contribution in [0.1, 0.15) is 43.6 Å². The zero-order valence-corrected chi connectivity index (χ0v) is 23.6. The van der Waals surface area contributed by atoms with Crippen LogP contribution in [-0.2, 0) is 40.8 Å². The van der Waals surface area contributed by atoms with Crippen molar-refractivity contribution in [2.24, 2.45) is 0 Å². The first kappa shape index (κ1) is 24.1. The minimum atomic E-state index is -0.222. The molecule has 9 heteroatoms. The number of aromatic nitrogens is 4. The second kappa shape index (κ2) is 8.64. The summed E-state index contributed by atoms with van der Waals surface area (Å²) < 4.78 is 13.1. The average molecular weight is 677 g/mol. The third-order valence-electron chi connectivity index (χ3n) is 7.63. The van der Waals surface area contributed by atoms with E-state index in [1.165, 1.54) is 11.1 Å². The monoisotopic (exact) mass is 677 g/mol. The van der Waals surface area contributed by atoms with Crippen LogP contribution in [0.3, 0.4) is 0 Å². The second-order valence-corrected chi connectivity index (χ2v) is 10.9. The molecule has 187 valence electrons. The third kappa shape index (κ3) is 3.63. The number of ether oxygens (including phenoxy) is 2. The number of nitrogens with zero attached hydrogens (tertiary/aromatic N) is 5. The maximum absolute atomic E-state index is 6.46. The molecule has 7 rings (SSSR count). The van der Waals surface area contributed by atoms with E-state index < -0.39 is 0 Å². The number of benzene rings is 1. The van der Waals surface area contributed by atoms with Crippen LogP contribution in [0.25, 0.3) is 32.7 Å². The molecule has 3 aliphatic heterocycles. The van der Waals surface area contributed by atoms with Gasteiger partial charge in [0.2, 0.25) is 5.95 Å².